The van der Waals surface area contributed by atoms with Crippen LogP contribution in [0.25, 0.3) is 11.4 Å². The maximum Gasteiger partial charge on any atom is 0.254 e. The van der Waals surface area contributed by atoms with E-state index in [-0.39, 0.29) is 5.91 Å². The van der Waals surface area contributed by atoms with Gasteiger partial charge >= 0.3 is 0 Å². The fraction of sp³-hybridized carbons (Fsp3) is 0.346. The van der Waals surface area contributed by atoms with Crippen molar-refractivity contribution in [2.45, 2.75) is 20.8 Å². The second-order valence-corrected chi connectivity index (χ2v) is 8.33. The number of carbonyl (C=O) groups is 1. The first kappa shape index (κ1) is 22.6. The van der Waals surface area contributed by atoms with Gasteiger partial charge in [0.05, 0.1) is 14.2 Å². The zero-order valence-corrected chi connectivity index (χ0v) is 19.9. The summed E-state index contributed by atoms with van der Waals surface area (Å²) < 4.78 is 10.6. The van der Waals surface area contributed by atoms with Gasteiger partial charge in [0.1, 0.15) is 17.3 Å². The zero-order valence-electron chi connectivity index (χ0n) is 19.9. The number of carbonyl (C=O) groups excluding carboxylic acids is 1. The lowest BCUT2D eigenvalue weighted by Crippen LogP contribution is -2.49. The molecule has 1 fully saturated rings. The molecule has 2 aromatic carbocycles. The topological polar surface area (TPSA) is 67.8 Å². The Morgan fingerprint density at radius 3 is 2.03 bits per heavy atom. The number of rotatable bonds is 5. The van der Waals surface area contributed by atoms with Gasteiger partial charge in [-0.2, -0.15) is 0 Å². The molecule has 0 bridgehead atoms. The van der Waals surface area contributed by atoms with Crippen LogP contribution in [0.5, 0.6) is 11.5 Å². The van der Waals surface area contributed by atoms with E-state index in [0.717, 1.165) is 28.5 Å². The Bertz CT molecular complexity index is 1130. The van der Waals surface area contributed by atoms with Gasteiger partial charge in [0.25, 0.3) is 5.91 Å². The molecule has 1 aromatic heterocycles. The van der Waals surface area contributed by atoms with Gasteiger partial charge in [-0.15, -0.1) is 0 Å². The van der Waals surface area contributed by atoms with Crippen molar-refractivity contribution in [3.8, 4) is 22.9 Å². The summed E-state index contributed by atoms with van der Waals surface area (Å²) in [4.78, 5) is 26.9. The van der Waals surface area contributed by atoms with Gasteiger partial charge in [-0.05, 0) is 32.9 Å². The quantitative estimate of drug-likeness (QED) is 0.589. The molecule has 1 aliphatic heterocycles. The lowest BCUT2D eigenvalue weighted by molar-refractivity contribution is 0.0745. The van der Waals surface area contributed by atoms with Crippen LogP contribution in [0, 0.1) is 20.8 Å². The van der Waals surface area contributed by atoms with Crippen molar-refractivity contribution in [3.63, 3.8) is 0 Å². The third-order valence-electron chi connectivity index (χ3n) is 6.14. The molecule has 0 radical (unpaired) electrons. The number of anilines is 1. The lowest BCUT2D eigenvalue weighted by Gasteiger charge is -2.36. The fourth-order valence-corrected chi connectivity index (χ4v) is 3.99. The molecule has 0 atom stereocenters. The lowest BCUT2D eigenvalue weighted by atomic mass is 10.1. The largest absolute Gasteiger partial charge is 0.497 e. The van der Waals surface area contributed by atoms with Crippen molar-refractivity contribution in [3.05, 3.63) is 64.8 Å². The fourth-order valence-electron chi connectivity index (χ4n) is 3.99. The molecule has 0 spiro atoms. The summed E-state index contributed by atoms with van der Waals surface area (Å²) >= 11 is 0. The third-order valence-corrected chi connectivity index (χ3v) is 6.14. The van der Waals surface area contributed by atoms with Crippen molar-refractivity contribution < 1.29 is 14.3 Å². The van der Waals surface area contributed by atoms with Crippen LogP contribution in [0.15, 0.2) is 42.5 Å². The van der Waals surface area contributed by atoms with Crippen molar-refractivity contribution in [2.75, 3.05) is 45.3 Å². The van der Waals surface area contributed by atoms with Crippen LogP contribution in [0.1, 0.15) is 27.2 Å². The van der Waals surface area contributed by atoms with E-state index < -0.39 is 0 Å². The first-order valence-corrected chi connectivity index (χ1v) is 11.1. The zero-order chi connectivity index (χ0) is 23.5. The second-order valence-electron chi connectivity index (χ2n) is 8.33. The molecule has 0 aliphatic carbocycles. The minimum Gasteiger partial charge on any atom is -0.497 e. The van der Waals surface area contributed by atoms with Gasteiger partial charge in [-0.1, -0.05) is 29.8 Å². The van der Waals surface area contributed by atoms with Crippen molar-refractivity contribution in [1.82, 2.24) is 14.9 Å². The molecule has 2 heterocycles. The predicted molar refractivity (Wildman–Crippen MR) is 129 cm³/mol. The molecule has 3 aromatic rings. The highest BCUT2D eigenvalue weighted by Gasteiger charge is 2.25. The number of methoxy groups -OCH3 is 2. The van der Waals surface area contributed by atoms with Gasteiger partial charge in [-0.25, -0.2) is 9.97 Å². The predicted octanol–water partition coefficient (Wildman–Crippen LogP) is 4.05. The van der Waals surface area contributed by atoms with Crippen LogP contribution in [0.4, 0.5) is 5.82 Å². The minimum absolute atomic E-state index is 0.0252. The summed E-state index contributed by atoms with van der Waals surface area (Å²) in [5, 5.41) is 0. The highest BCUT2D eigenvalue weighted by molar-refractivity contribution is 5.95. The molecular formula is C26H30N4O3. The Balaban J connectivity index is 1.52. The van der Waals surface area contributed by atoms with Gasteiger partial charge in [0.15, 0.2) is 5.82 Å². The molecule has 1 aliphatic rings. The Morgan fingerprint density at radius 2 is 1.45 bits per heavy atom. The first-order chi connectivity index (χ1) is 15.9. The van der Waals surface area contributed by atoms with Gasteiger partial charge < -0.3 is 19.3 Å². The molecule has 7 heteroatoms. The Morgan fingerprint density at radius 1 is 0.848 bits per heavy atom. The summed E-state index contributed by atoms with van der Waals surface area (Å²) in [7, 11) is 3.16. The minimum atomic E-state index is -0.0252. The monoisotopic (exact) mass is 446 g/mol. The van der Waals surface area contributed by atoms with Crippen molar-refractivity contribution >= 4 is 11.7 Å². The van der Waals surface area contributed by atoms with E-state index >= 15 is 0 Å². The Labute approximate surface area is 195 Å². The van der Waals surface area contributed by atoms with E-state index in [0.29, 0.717) is 43.2 Å². The normalized spacial score (nSPS) is 13.7. The van der Waals surface area contributed by atoms with Gasteiger partial charge in [0, 0.05) is 54.6 Å². The van der Waals surface area contributed by atoms with Crippen molar-refractivity contribution in [2.24, 2.45) is 0 Å². The summed E-state index contributed by atoms with van der Waals surface area (Å²) in [5.41, 5.74) is 4.82. The Kier molecular flexibility index (Phi) is 6.49. The molecule has 1 amide bonds. The van der Waals surface area contributed by atoms with E-state index in [1.165, 1.54) is 5.56 Å². The second kappa shape index (κ2) is 9.48. The molecular weight excluding hydrogens is 416 g/mol. The number of piperazine rings is 1. The first-order valence-electron chi connectivity index (χ1n) is 11.1. The van der Waals surface area contributed by atoms with Crippen LogP contribution in [0.2, 0.25) is 0 Å². The third kappa shape index (κ3) is 4.77. The summed E-state index contributed by atoms with van der Waals surface area (Å²) in [6, 6.07) is 13.5. The van der Waals surface area contributed by atoms with E-state index in [9.17, 15) is 4.79 Å². The van der Waals surface area contributed by atoms with Crippen LogP contribution in [-0.2, 0) is 0 Å². The SMILES string of the molecule is COc1cc(OC)cc(C(=O)N2CCN(c3nc(-c4ccc(C)cc4)nc(C)c3C)CC2)c1. The van der Waals surface area contributed by atoms with E-state index in [1.54, 1.807) is 32.4 Å². The molecule has 0 saturated carbocycles. The number of hydrogen-bond donors (Lipinski definition) is 0. The molecule has 4 rings (SSSR count). The van der Waals surface area contributed by atoms with E-state index in [1.807, 2.05) is 11.8 Å². The average Bonchev–Trinajstić information content (AvgIpc) is 2.85. The maximum absolute atomic E-state index is 13.1. The summed E-state index contributed by atoms with van der Waals surface area (Å²) in [6.45, 7) is 8.78. The van der Waals surface area contributed by atoms with Gasteiger partial charge in [0.2, 0.25) is 0 Å². The van der Waals surface area contributed by atoms with Crippen LogP contribution in [-0.4, -0.2) is 61.2 Å². The molecule has 0 unspecified atom stereocenters. The number of amides is 1. The molecule has 172 valence electrons. The number of aromatic nitrogens is 2. The molecule has 33 heavy (non-hydrogen) atoms. The maximum atomic E-state index is 13.1. The summed E-state index contributed by atoms with van der Waals surface area (Å²) in [5.74, 6) is 2.85. The number of benzene rings is 2. The molecule has 1 saturated heterocycles. The van der Waals surface area contributed by atoms with E-state index in [4.69, 9.17) is 19.4 Å². The Hall–Kier alpha value is -3.61. The number of hydrogen-bond acceptors (Lipinski definition) is 6. The average molecular weight is 447 g/mol. The van der Waals surface area contributed by atoms with Crippen LogP contribution in [0.3, 0.4) is 0 Å². The summed E-state index contributed by atoms with van der Waals surface area (Å²) in [6.07, 6.45) is 0. The highest BCUT2D eigenvalue weighted by Crippen LogP contribution is 2.27. The number of aryl methyl sites for hydroxylation is 2. The van der Waals surface area contributed by atoms with Gasteiger partial charge in [-0.3, -0.25) is 4.79 Å². The molecule has 7 nitrogen and oxygen atoms in total. The smallest absolute Gasteiger partial charge is 0.254 e. The van der Waals surface area contributed by atoms with E-state index in [2.05, 4.69) is 43.0 Å². The number of ether oxygens (including phenoxy) is 2. The standard InChI is InChI=1S/C26H30N4O3/c1-17-6-8-20(9-7-17)24-27-19(3)18(2)25(28-24)29-10-12-30(13-11-29)26(31)21-14-22(32-4)16-23(15-21)33-5/h6-9,14-16H,10-13H2,1-5H3. The van der Waals surface area contributed by atoms with Crippen molar-refractivity contribution in [1.29, 1.82) is 0 Å². The highest BCUT2D eigenvalue weighted by atomic mass is 16.5. The number of nitrogens with zero attached hydrogens (tertiary/aromatic N) is 4. The van der Waals surface area contributed by atoms with Crippen LogP contribution < -0.4 is 14.4 Å². The molecule has 0 N–H and O–H groups in total. The van der Waals surface area contributed by atoms with Crippen LogP contribution >= 0.6 is 0 Å².